The van der Waals surface area contributed by atoms with Crippen molar-refractivity contribution in [2.24, 2.45) is 0 Å². The first-order valence-electron chi connectivity index (χ1n) is 8.68. The summed E-state index contributed by atoms with van der Waals surface area (Å²) in [6.45, 7) is 5.70. The number of quaternary nitrogens is 1. The number of aliphatic hydroxyl groups is 1. The third-order valence-corrected chi connectivity index (χ3v) is 4.41. The van der Waals surface area contributed by atoms with Gasteiger partial charge < -0.3 is 19.5 Å². The Bertz CT molecular complexity index is 642. The van der Waals surface area contributed by atoms with Crippen molar-refractivity contribution >= 4 is 0 Å². The summed E-state index contributed by atoms with van der Waals surface area (Å²) in [5, 5.41) is 10.3. The molecule has 2 N–H and O–H groups in total. The Balaban J connectivity index is 1.45. The van der Waals surface area contributed by atoms with Crippen LogP contribution in [0.5, 0.6) is 11.5 Å². The van der Waals surface area contributed by atoms with E-state index in [-0.39, 0.29) is 0 Å². The van der Waals surface area contributed by atoms with Crippen molar-refractivity contribution in [2.45, 2.75) is 26.0 Å². The van der Waals surface area contributed by atoms with Gasteiger partial charge in [-0.2, -0.15) is 0 Å². The molecule has 2 aromatic rings. The average molecular weight is 328 g/mol. The molecule has 1 aliphatic heterocycles. The second-order valence-electron chi connectivity index (χ2n) is 6.27. The second-order valence-corrected chi connectivity index (χ2v) is 6.27. The van der Waals surface area contributed by atoms with Crippen LogP contribution in [0.4, 0.5) is 0 Å². The van der Waals surface area contributed by atoms with Crippen LogP contribution in [-0.2, 0) is 13.0 Å². The minimum absolute atomic E-state index is 0.319. The highest BCUT2D eigenvalue weighted by atomic mass is 16.5. The summed E-state index contributed by atoms with van der Waals surface area (Å²) >= 11 is 0. The van der Waals surface area contributed by atoms with Gasteiger partial charge in [-0.05, 0) is 36.8 Å². The molecule has 128 valence electrons. The van der Waals surface area contributed by atoms with E-state index >= 15 is 0 Å². The second kappa shape index (κ2) is 8.18. The number of hydrogen-bond donors (Lipinski definition) is 2. The fraction of sp³-hybridized carbons (Fsp3) is 0.400. The molecule has 1 heterocycles. The topological polar surface area (TPSA) is 43.1 Å². The summed E-state index contributed by atoms with van der Waals surface area (Å²) in [6.07, 6.45) is 0.620. The van der Waals surface area contributed by atoms with Gasteiger partial charge in [0.2, 0.25) is 0 Å². The van der Waals surface area contributed by atoms with E-state index in [1.807, 2.05) is 31.2 Å². The van der Waals surface area contributed by atoms with Crippen molar-refractivity contribution in [1.29, 1.82) is 0 Å². The van der Waals surface area contributed by atoms with Gasteiger partial charge in [0, 0.05) is 12.0 Å². The summed E-state index contributed by atoms with van der Waals surface area (Å²) in [7, 11) is 0. The highest BCUT2D eigenvalue weighted by Gasteiger charge is 2.21. The first-order chi connectivity index (χ1) is 11.7. The Hall–Kier alpha value is -2.04. The molecule has 4 heteroatoms. The molecule has 0 radical (unpaired) electrons. The molecule has 1 unspecified atom stereocenters. The molecule has 0 saturated carbocycles. The minimum atomic E-state index is -0.461. The zero-order chi connectivity index (χ0) is 16.8. The Labute approximate surface area is 143 Å². The van der Waals surface area contributed by atoms with Gasteiger partial charge in [0.05, 0.1) is 13.2 Å². The SMILES string of the molecule is CCOc1ccc(OC[C@@H](O)C[NH+]2CCc3ccccc3C2)cc1. The van der Waals surface area contributed by atoms with Crippen LogP contribution in [0.15, 0.2) is 48.5 Å². The molecule has 1 aliphatic rings. The summed E-state index contributed by atoms with van der Waals surface area (Å²) in [5.41, 5.74) is 2.85. The van der Waals surface area contributed by atoms with Crippen LogP contribution in [0, 0.1) is 0 Å². The third kappa shape index (κ3) is 4.49. The minimum Gasteiger partial charge on any atom is -0.494 e. The van der Waals surface area contributed by atoms with Crippen molar-refractivity contribution in [2.75, 3.05) is 26.3 Å². The first-order valence-corrected chi connectivity index (χ1v) is 8.68. The lowest BCUT2D eigenvalue weighted by molar-refractivity contribution is -0.918. The number of benzene rings is 2. The van der Waals surface area contributed by atoms with E-state index in [9.17, 15) is 5.11 Å². The van der Waals surface area contributed by atoms with Gasteiger partial charge >= 0.3 is 0 Å². The van der Waals surface area contributed by atoms with Crippen molar-refractivity contribution in [3.8, 4) is 11.5 Å². The molecule has 0 aromatic heterocycles. The van der Waals surface area contributed by atoms with E-state index in [2.05, 4.69) is 24.3 Å². The predicted octanol–water partition coefficient (Wildman–Crippen LogP) is 1.47. The smallest absolute Gasteiger partial charge is 0.137 e. The Morgan fingerprint density at radius 2 is 1.67 bits per heavy atom. The number of hydrogen-bond acceptors (Lipinski definition) is 3. The fourth-order valence-electron chi connectivity index (χ4n) is 3.20. The van der Waals surface area contributed by atoms with Crippen LogP contribution in [0.2, 0.25) is 0 Å². The Morgan fingerprint density at radius 1 is 1.00 bits per heavy atom. The lowest BCUT2D eigenvalue weighted by Gasteiger charge is -2.27. The van der Waals surface area contributed by atoms with Crippen molar-refractivity contribution in [3.05, 3.63) is 59.7 Å². The number of rotatable bonds is 7. The van der Waals surface area contributed by atoms with Crippen molar-refractivity contribution in [3.63, 3.8) is 0 Å². The summed E-state index contributed by atoms with van der Waals surface area (Å²) in [5.74, 6) is 1.60. The molecule has 2 aromatic carbocycles. The zero-order valence-corrected chi connectivity index (χ0v) is 14.2. The van der Waals surface area contributed by atoms with E-state index in [4.69, 9.17) is 9.47 Å². The van der Waals surface area contributed by atoms with Crippen LogP contribution in [0.1, 0.15) is 18.1 Å². The molecule has 0 spiro atoms. The van der Waals surface area contributed by atoms with Crippen molar-refractivity contribution in [1.82, 2.24) is 0 Å². The van der Waals surface area contributed by atoms with Crippen molar-refractivity contribution < 1.29 is 19.5 Å². The largest absolute Gasteiger partial charge is 0.494 e. The van der Waals surface area contributed by atoms with E-state index < -0.39 is 6.10 Å². The number of ether oxygens (including phenoxy) is 2. The predicted molar refractivity (Wildman–Crippen MR) is 93.7 cm³/mol. The maximum absolute atomic E-state index is 10.3. The van der Waals surface area contributed by atoms with Gasteiger partial charge in [-0.15, -0.1) is 0 Å². The molecule has 0 saturated heterocycles. The standard InChI is InChI=1S/C20H25NO3/c1-2-23-19-7-9-20(10-8-19)24-15-18(22)14-21-12-11-16-5-3-4-6-17(16)13-21/h3-10,18,22H,2,11-15H2,1H3/p+1/t18-/m0/s1. The third-order valence-electron chi connectivity index (χ3n) is 4.41. The average Bonchev–Trinajstić information content (AvgIpc) is 2.61. The highest BCUT2D eigenvalue weighted by Crippen LogP contribution is 2.17. The lowest BCUT2D eigenvalue weighted by atomic mass is 10.00. The van der Waals surface area contributed by atoms with E-state index in [0.29, 0.717) is 19.8 Å². The number of nitrogens with one attached hydrogen (secondary N) is 1. The quantitative estimate of drug-likeness (QED) is 0.809. The summed E-state index contributed by atoms with van der Waals surface area (Å²) in [6, 6.07) is 16.1. The number of aliphatic hydroxyl groups excluding tert-OH is 1. The molecule has 0 amide bonds. The zero-order valence-electron chi connectivity index (χ0n) is 14.2. The number of fused-ring (bicyclic) bond motifs is 1. The van der Waals surface area contributed by atoms with Gasteiger partial charge in [0.1, 0.15) is 37.3 Å². The molecular weight excluding hydrogens is 302 g/mol. The molecular formula is C20H26NO3+. The van der Waals surface area contributed by atoms with Gasteiger partial charge in [-0.25, -0.2) is 0 Å². The fourth-order valence-corrected chi connectivity index (χ4v) is 3.20. The highest BCUT2D eigenvalue weighted by molar-refractivity contribution is 5.31. The van der Waals surface area contributed by atoms with E-state index in [0.717, 1.165) is 31.0 Å². The van der Waals surface area contributed by atoms with Crippen LogP contribution < -0.4 is 14.4 Å². The molecule has 0 fully saturated rings. The molecule has 2 atom stereocenters. The summed E-state index contributed by atoms with van der Waals surface area (Å²) < 4.78 is 11.1. The van der Waals surface area contributed by atoms with E-state index in [1.54, 1.807) is 0 Å². The van der Waals surface area contributed by atoms with Crippen LogP contribution in [-0.4, -0.2) is 37.5 Å². The van der Waals surface area contributed by atoms with Crippen LogP contribution in [0.25, 0.3) is 0 Å². The first kappa shape index (κ1) is 16.8. The monoisotopic (exact) mass is 328 g/mol. The maximum Gasteiger partial charge on any atom is 0.137 e. The van der Waals surface area contributed by atoms with Crippen LogP contribution >= 0.6 is 0 Å². The van der Waals surface area contributed by atoms with Gasteiger partial charge in [-0.3, -0.25) is 0 Å². The molecule has 3 rings (SSSR count). The van der Waals surface area contributed by atoms with Crippen LogP contribution in [0.3, 0.4) is 0 Å². The Kier molecular flexibility index (Phi) is 5.72. The van der Waals surface area contributed by atoms with Gasteiger partial charge in [0.25, 0.3) is 0 Å². The van der Waals surface area contributed by atoms with Gasteiger partial charge in [0.15, 0.2) is 0 Å². The Morgan fingerprint density at radius 3 is 2.38 bits per heavy atom. The molecule has 24 heavy (non-hydrogen) atoms. The molecule has 0 aliphatic carbocycles. The normalized spacial score (nSPS) is 17.8. The molecule has 4 nitrogen and oxygen atoms in total. The maximum atomic E-state index is 10.3. The molecule has 0 bridgehead atoms. The van der Waals surface area contributed by atoms with E-state index in [1.165, 1.54) is 16.0 Å². The summed E-state index contributed by atoms with van der Waals surface area (Å²) in [4.78, 5) is 1.41. The lowest BCUT2D eigenvalue weighted by Crippen LogP contribution is -3.13. The van der Waals surface area contributed by atoms with Gasteiger partial charge in [-0.1, -0.05) is 24.3 Å².